The fourth-order valence-corrected chi connectivity index (χ4v) is 2.12. The van der Waals surface area contributed by atoms with Gasteiger partial charge in [0.15, 0.2) is 5.78 Å². The molecular weight excluding hydrogens is 176 g/mol. The van der Waals surface area contributed by atoms with Crippen LogP contribution < -0.4 is 0 Å². The second-order valence-electron chi connectivity index (χ2n) is 3.88. The Morgan fingerprint density at radius 3 is 2.14 bits per heavy atom. The fourth-order valence-electron chi connectivity index (χ4n) is 2.12. The summed E-state index contributed by atoms with van der Waals surface area (Å²) in [5.74, 6) is 0.121. The molecule has 0 fully saturated rings. The number of ether oxygens (including phenoxy) is 1. The van der Waals surface area contributed by atoms with Gasteiger partial charge in [0.05, 0.1) is 0 Å². The minimum Gasteiger partial charge on any atom is -0.370 e. The van der Waals surface area contributed by atoms with E-state index in [1.54, 1.807) is 14.0 Å². The van der Waals surface area contributed by atoms with Crippen LogP contribution in [0.1, 0.15) is 18.1 Å². The van der Waals surface area contributed by atoms with E-state index in [0.717, 1.165) is 12.8 Å². The molecule has 2 rings (SSSR count). The van der Waals surface area contributed by atoms with Crippen molar-refractivity contribution >= 4 is 5.78 Å². The summed E-state index contributed by atoms with van der Waals surface area (Å²) >= 11 is 0. The fraction of sp³-hybridized carbons (Fsp3) is 0.417. The third kappa shape index (κ3) is 1.26. The molecule has 1 aliphatic rings. The number of methoxy groups -OCH3 is 1. The summed E-state index contributed by atoms with van der Waals surface area (Å²) in [5.41, 5.74) is 1.89. The third-order valence-corrected chi connectivity index (χ3v) is 3.10. The van der Waals surface area contributed by atoms with E-state index in [1.807, 2.05) is 12.1 Å². The number of rotatable bonds is 2. The number of hydrogen-bond donors (Lipinski definition) is 0. The van der Waals surface area contributed by atoms with Crippen LogP contribution in [-0.4, -0.2) is 18.5 Å². The van der Waals surface area contributed by atoms with E-state index in [-0.39, 0.29) is 5.78 Å². The number of benzene rings is 1. The number of fused-ring (bicyclic) bond motifs is 1. The molecule has 2 nitrogen and oxygen atoms in total. The molecule has 0 unspecified atom stereocenters. The predicted octanol–water partition coefficient (Wildman–Crippen LogP) is 1.76. The summed E-state index contributed by atoms with van der Waals surface area (Å²) in [7, 11) is 1.62. The number of carbonyl (C=O) groups excluding carboxylic acids is 1. The third-order valence-electron chi connectivity index (χ3n) is 3.10. The average molecular weight is 190 g/mol. The zero-order valence-electron chi connectivity index (χ0n) is 8.54. The Balaban J connectivity index is 2.37. The predicted molar refractivity (Wildman–Crippen MR) is 54.3 cm³/mol. The van der Waals surface area contributed by atoms with Crippen LogP contribution in [0.25, 0.3) is 0 Å². The molecule has 1 aliphatic carbocycles. The smallest absolute Gasteiger partial charge is 0.162 e. The van der Waals surface area contributed by atoms with Gasteiger partial charge >= 0.3 is 0 Å². The molecule has 0 amide bonds. The van der Waals surface area contributed by atoms with Gasteiger partial charge in [0, 0.05) is 20.0 Å². The second kappa shape index (κ2) is 3.21. The molecule has 0 saturated heterocycles. The molecule has 0 atom stereocenters. The van der Waals surface area contributed by atoms with Crippen LogP contribution >= 0.6 is 0 Å². The molecule has 0 bridgehead atoms. The van der Waals surface area contributed by atoms with Crippen LogP contribution in [-0.2, 0) is 22.4 Å². The molecule has 0 aliphatic heterocycles. The molecule has 0 radical (unpaired) electrons. The van der Waals surface area contributed by atoms with Crippen molar-refractivity contribution in [3.63, 3.8) is 0 Å². The van der Waals surface area contributed by atoms with Crippen LogP contribution in [0.15, 0.2) is 24.3 Å². The van der Waals surface area contributed by atoms with Gasteiger partial charge in [-0.1, -0.05) is 24.3 Å². The summed E-state index contributed by atoms with van der Waals surface area (Å²) in [6.07, 6.45) is 1.43. The van der Waals surface area contributed by atoms with Crippen molar-refractivity contribution in [2.75, 3.05) is 7.11 Å². The van der Waals surface area contributed by atoms with Crippen molar-refractivity contribution in [2.45, 2.75) is 25.4 Å². The first-order valence-electron chi connectivity index (χ1n) is 4.81. The van der Waals surface area contributed by atoms with Crippen molar-refractivity contribution in [3.05, 3.63) is 35.4 Å². The van der Waals surface area contributed by atoms with Gasteiger partial charge in [-0.15, -0.1) is 0 Å². The van der Waals surface area contributed by atoms with Gasteiger partial charge in [0.25, 0.3) is 0 Å². The maximum atomic E-state index is 11.5. The van der Waals surface area contributed by atoms with Gasteiger partial charge in [0.1, 0.15) is 5.60 Å². The average Bonchev–Trinajstić information content (AvgIpc) is 2.57. The highest BCUT2D eigenvalue weighted by molar-refractivity contribution is 5.86. The van der Waals surface area contributed by atoms with Gasteiger partial charge in [0.2, 0.25) is 0 Å². The zero-order valence-corrected chi connectivity index (χ0v) is 8.54. The van der Waals surface area contributed by atoms with Crippen LogP contribution in [0.4, 0.5) is 0 Å². The van der Waals surface area contributed by atoms with E-state index >= 15 is 0 Å². The molecule has 0 N–H and O–H groups in total. The molecule has 0 spiro atoms. The van der Waals surface area contributed by atoms with Crippen molar-refractivity contribution in [3.8, 4) is 0 Å². The van der Waals surface area contributed by atoms with Crippen molar-refractivity contribution in [1.29, 1.82) is 0 Å². The Morgan fingerprint density at radius 1 is 1.29 bits per heavy atom. The molecule has 0 saturated carbocycles. The van der Waals surface area contributed by atoms with Crippen molar-refractivity contribution in [2.24, 2.45) is 0 Å². The number of hydrogen-bond acceptors (Lipinski definition) is 2. The van der Waals surface area contributed by atoms with E-state index in [4.69, 9.17) is 4.74 Å². The molecule has 74 valence electrons. The molecule has 14 heavy (non-hydrogen) atoms. The van der Waals surface area contributed by atoms with Crippen LogP contribution in [0.5, 0.6) is 0 Å². The molecule has 0 aromatic heterocycles. The normalized spacial score (nSPS) is 17.9. The van der Waals surface area contributed by atoms with Gasteiger partial charge < -0.3 is 4.74 Å². The summed E-state index contributed by atoms with van der Waals surface area (Å²) in [5, 5.41) is 0. The number of Topliss-reactive ketones (excluding diaryl/α,β-unsaturated/α-hetero) is 1. The topological polar surface area (TPSA) is 26.3 Å². The summed E-state index contributed by atoms with van der Waals surface area (Å²) in [4.78, 5) is 11.5. The zero-order chi connectivity index (χ0) is 10.2. The minimum absolute atomic E-state index is 0.121. The monoisotopic (exact) mass is 190 g/mol. The molecule has 1 aromatic rings. The molecular formula is C12H14O2. The first-order chi connectivity index (χ1) is 6.68. The van der Waals surface area contributed by atoms with Crippen LogP contribution in [0.2, 0.25) is 0 Å². The van der Waals surface area contributed by atoms with Crippen molar-refractivity contribution < 1.29 is 9.53 Å². The summed E-state index contributed by atoms with van der Waals surface area (Å²) in [6, 6.07) is 8.15. The van der Waals surface area contributed by atoms with Gasteiger partial charge in [-0.05, 0) is 18.1 Å². The maximum absolute atomic E-state index is 11.5. The van der Waals surface area contributed by atoms with E-state index in [2.05, 4.69) is 12.1 Å². The number of carbonyl (C=O) groups is 1. The van der Waals surface area contributed by atoms with E-state index in [1.165, 1.54) is 11.1 Å². The van der Waals surface area contributed by atoms with E-state index < -0.39 is 5.60 Å². The van der Waals surface area contributed by atoms with Gasteiger partial charge in [-0.2, -0.15) is 0 Å². The highest BCUT2D eigenvalue weighted by atomic mass is 16.5. The lowest BCUT2D eigenvalue weighted by Crippen LogP contribution is -2.39. The van der Waals surface area contributed by atoms with E-state index in [9.17, 15) is 4.79 Å². The minimum atomic E-state index is -0.594. The van der Waals surface area contributed by atoms with Gasteiger partial charge in [-0.3, -0.25) is 4.79 Å². The Labute approximate surface area is 83.9 Å². The Morgan fingerprint density at radius 2 is 1.79 bits per heavy atom. The molecule has 1 aromatic carbocycles. The lowest BCUT2D eigenvalue weighted by atomic mass is 9.95. The van der Waals surface area contributed by atoms with E-state index in [0.29, 0.717) is 0 Å². The lowest BCUT2D eigenvalue weighted by molar-refractivity contribution is -0.137. The quantitative estimate of drug-likeness (QED) is 0.710. The highest BCUT2D eigenvalue weighted by Crippen LogP contribution is 2.32. The maximum Gasteiger partial charge on any atom is 0.162 e. The Kier molecular flexibility index (Phi) is 2.16. The first-order valence-corrected chi connectivity index (χ1v) is 4.81. The van der Waals surface area contributed by atoms with Crippen LogP contribution in [0.3, 0.4) is 0 Å². The summed E-state index contributed by atoms with van der Waals surface area (Å²) < 4.78 is 5.39. The summed E-state index contributed by atoms with van der Waals surface area (Å²) in [6.45, 7) is 1.61. The largest absolute Gasteiger partial charge is 0.370 e. The first kappa shape index (κ1) is 9.41. The van der Waals surface area contributed by atoms with Crippen molar-refractivity contribution in [1.82, 2.24) is 0 Å². The van der Waals surface area contributed by atoms with Gasteiger partial charge in [-0.25, -0.2) is 0 Å². The number of ketones is 1. The molecule has 2 heteroatoms. The Hall–Kier alpha value is -1.15. The lowest BCUT2D eigenvalue weighted by Gasteiger charge is -2.23. The van der Waals surface area contributed by atoms with Crippen LogP contribution in [0, 0.1) is 0 Å². The second-order valence-corrected chi connectivity index (χ2v) is 3.88. The standard InChI is InChI=1S/C12H14O2/c1-9(13)12(14-2)7-10-5-3-4-6-11(10)8-12/h3-6H,7-8H2,1-2H3. The Bertz CT molecular complexity index is 343. The SMILES string of the molecule is COC1(C(C)=O)Cc2ccccc2C1. The molecule has 0 heterocycles. The highest BCUT2D eigenvalue weighted by Gasteiger charge is 2.41.